The fourth-order valence-electron chi connectivity index (χ4n) is 0.0527. The third-order valence-electron chi connectivity index (χ3n) is 0.166. The zero-order chi connectivity index (χ0) is 4.12. The van der Waals surface area contributed by atoms with E-state index in [1.807, 2.05) is 0 Å². The summed E-state index contributed by atoms with van der Waals surface area (Å²) in [5.41, 5.74) is 2.35. The average molecular weight is 66.1 g/mol. The Morgan fingerprint density at radius 3 is 2.60 bits per heavy atom. The van der Waals surface area contributed by atoms with Gasteiger partial charge in [-0.25, -0.2) is 0 Å². The first kappa shape index (κ1) is 4.01. The maximum Gasteiger partial charge on any atom is 0.347 e. The van der Waals surface area contributed by atoms with Crippen molar-refractivity contribution in [1.29, 1.82) is 0 Å². The molecule has 0 aromatic carbocycles. The zero-order valence-corrected chi connectivity index (χ0v) is 2.81. The van der Waals surface area contributed by atoms with Crippen LogP contribution in [-0.4, -0.2) is 0 Å². The molecule has 1 nitrogen and oxygen atoms in total. The summed E-state index contributed by atoms with van der Waals surface area (Å²) in [6.07, 6.45) is 1.29. The van der Waals surface area contributed by atoms with Gasteiger partial charge in [0, 0.05) is 0 Å². The van der Waals surface area contributed by atoms with Gasteiger partial charge < -0.3 is 0 Å². The van der Waals surface area contributed by atoms with Crippen LogP contribution in [0.5, 0.6) is 0 Å². The van der Waals surface area contributed by atoms with Gasteiger partial charge in [-0.05, 0) is 17.2 Å². The SMILES string of the molecule is C#[N+]C=C=C. The zero-order valence-electron chi connectivity index (χ0n) is 2.81. The van der Waals surface area contributed by atoms with Crippen LogP contribution in [0.1, 0.15) is 0 Å². The van der Waals surface area contributed by atoms with Crippen LogP contribution in [0.3, 0.4) is 0 Å². The highest BCUT2D eigenvalue weighted by Gasteiger charge is 1.52. The predicted octanol–water partition coefficient (Wildman–Crippen LogP) is 1.25. The lowest BCUT2D eigenvalue weighted by atomic mass is 10.9. The Morgan fingerprint density at radius 1 is 2.00 bits per heavy atom. The highest BCUT2D eigenvalue weighted by Crippen LogP contribution is 1.57. The summed E-state index contributed by atoms with van der Waals surface area (Å²) in [5.74, 6) is 0. The molecule has 0 spiro atoms. The summed E-state index contributed by atoms with van der Waals surface area (Å²) in [4.78, 5) is 3.06. The summed E-state index contributed by atoms with van der Waals surface area (Å²) in [6, 6.07) is 0. The first-order chi connectivity index (χ1) is 2.41. The molecule has 0 saturated heterocycles. The highest BCUT2D eigenvalue weighted by atomic mass is 14.6. The molecule has 0 aliphatic rings. The fraction of sp³-hybridized carbons (Fsp3) is 0. The summed E-state index contributed by atoms with van der Waals surface area (Å²) in [6.45, 7) is 7.80. The van der Waals surface area contributed by atoms with Crippen molar-refractivity contribution in [2.45, 2.75) is 0 Å². The maximum atomic E-state index is 4.61. The van der Waals surface area contributed by atoms with Crippen LogP contribution in [-0.2, 0) is 0 Å². The van der Waals surface area contributed by atoms with E-state index >= 15 is 0 Å². The van der Waals surface area contributed by atoms with Gasteiger partial charge in [0.1, 0.15) is 0 Å². The van der Waals surface area contributed by atoms with Gasteiger partial charge >= 0.3 is 6.20 Å². The molecule has 0 radical (unpaired) electrons. The van der Waals surface area contributed by atoms with Crippen molar-refractivity contribution in [1.82, 2.24) is 0 Å². The Hall–Kier alpha value is -0.990. The first-order valence-corrected chi connectivity index (χ1v) is 1.16. The molecule has 0 amide bonds. The lowest BCUT2D eigenvalue weighted by molar-refractivity contribution is 2.10. The molecule has 0 heterocycles. The molecule has 0 aliphatic carbocycles. The largest absolute Gasteiger partial charge is 0.347 e. The van der Waals surface area contributed by atoms with Crippen molar-refractivity contribution in [3.63, 3.8) is 0 Å². The molecule has 0 aromatic heterocycles. The van der Waals surface area contributed by atoms with Crippen molar-refractivity contribution < 1.29 is 0 Å². The van der Waals surface area contributed by atoms with Gasteiger partial charge in [-0.1, -0.05) is 0 Å². The molecule has 0 fully saturated rings. The van der Waals surface area contributed by atoms with E-state index in [1.54, 1.807) is 0 Å². The van der Waals surface area contributed by atoms with E-state index in [0.717, 1.165) is 0 Å². The van der Waals surface area contributed by atoms with E-state index in [-0.39, 0.29) is 0 Å². The summed E-state index contributed by atoms with van der Waals surface area (Å²) < 4.78 is 0. The van der Waals surface area contributed by atoms with Crippen LogP contribution in [0.15, 0.2) is 18.5 Å². The van der Waals surface area contributed by atoms with Crippen LogP contribution in [0.2, 0.25) is 0 Å². The van der Waals surface area contributed by atoms with Gasteiger partial charge in [0.05, 0.1) is 0 Å². The second kappa shape index (κ2) is 3.01. The Kier molecular flexibility index (Phi) is 2.41. The van der Waals surface area contributed by atoms with E-state index in [0.29, 0.717) is 0 Å². The molecule has 24 valence electrons. The van der Waals surface area contributed by atoms with Crippen molar-refractivity contribution in [2.75, 3.05) is 0 Å². The lowest BCUT2D eigenvalue weighted by Crippen LogP contribution is -1.19. The molecule has 0 aliphatic heterocycles. The Bertz CT molecular complexity index is 90.7. The molecule has 0 atom stereocenters. The molecule has 0 N–H and O–H groups in total. The minimum Gasteiger partial charge on any atom is -0.0492 e. The summed E-state index contributed by atoms with van der Waals surface area (Å²) >= 11 is 0. The molecule has 0 unspecified atom stereocenters. The van der Waals surface area contributed by atoms with Gasteiger partial charge in [0.2, 0.25) is 0 Å². The van der Waals surface area contributed by atoms with Crippen molar-refractivity contribution in [3.8, 4) is 6.57 Å². The van der Waals surface area contributed by atoms with Gasteiger partial charge in [-0.2, -0.15) is 0 Å². The maximum absolute atomic E-state index is 4.61. The number of nitrogens with zero attached hydrogens (tertiary/aromatic N) is 1. The van der Waals surface area contributed by atoms with Crippen LogP contribution < -0.4 is 0 Å². The van der Waals surface area contributed by atoms with Gasteiger partial charge in [0.15, 0.2) is 0 Å². The molecule has 0 bridgehead atoms. The lowest BCUT2D eigenvalue weighted by Gasteiger charge is -1.26. The third kappa shape index (κ3) is 3.01. The molecule has 5 heavy (non-hydrogen) atoms. The molecule has 0 saturated carbocycles. The van der Waals surface area contributed by atoms with Crippen molar-refractivity contribution >= 4 is 0 Å². The van der Waals surface area contributed by atoms with E-state index < -0.39 is 0 Å². The number of hydrogen-bond donors (Lipinski definition) is 0. The van der Waals surface area contributed by atoms with E-state index in [1.165, 1.54) is 6.20 Å². The van der Waals surface area contributed by atoms with Crippen molar-refractivity contribution in [2.24, 2.45) is 0 Å². The molecule has 0 rings (SSSR count). The van der Waals surface area contributed by atoms with Gasteiger partial charge in [-0.15, -0.1) is 0 Å². The Balaban J connectivity index is 3.46. The Morgan fingerprint density at radius 2 is 2.60 bits per heavy atom. The van der Waals surface area contributed by atoms with E-state index in [4.69, 9.17) is 0 Å². The predicted molar refractivity (Wildman–Crippen MR) is 22.0 cm³/mol. The van der Waals surface area contributed by atoms with Crippen LogP contribution >= 0.6 is 0 Å². The smallest absolute Gasteiger partial charge is 0.0492 e. The molecule has 0 aromatic rings. The second-order valence-electron chi connectivity index (χ2n) is 0.482. The number of rotatable bonds is 0. The minimum absolute atomic E-state index is 1.29. The average Bonchev–Trinajstić information content (AvgIpc) is 1.41. The Labute approximate surface area is 31.1 Å². The van der Waals surface area contributed by atoms with Gasteiger partial charge in [0.25, 0.3) is 6.57 Å². The van der Waals surface area contributed by atoms with Gasteiger partial charge in [-0.3, -0.25) is 0 Å². The topological polar surface area (TPSA) is 4.36 Å². The first-order valence-electron chi connectivity index (χ1n) is 1.16. The number of hydrogen-bond acceptors (Lipinski definition) is 0. The molecule has 1 heteroatoms. The van der Waals surface area contributed by atoms with Crippen LogP contribution in [0.25, 0.3) is 4.85 Å². The van der Waals surface area contributed by atoms with E-state index in [9.17, 15) is 0 Å². The van der Waals surface area contributed by atoms with Crippen LogP contribution in [0.4, 0.5) is 0 Å². The summed E-state index contributed by atoms with van der Waals surface area (Å²) in [5, 5.41) is 0. The third-order valence-corrected chi connectivity index (χ3v) is 0.166. The monoisotopic (exact) mass is 66.0 g/mol. The highest BCUT2D eigenvalue weighted by molar-refractivity contribution is 4.87. The second-order valence-corrected chi connectivity index (χ2v) is 0.482. The minimum atomic E-state index is 1.29. The fourth-order valence-corrected chi connectivity index (χ4v) is 0.0527. The normalized spacial score (nSPS) is 3.80. The molecular formula is C4H4N+. The van der Waals surface area contributed by atoms with E-state index in [2.05, 4.69) is 23.7 Å². The summed E-state index contributed by atoms with van der Waals surface area (Å²) in [7, 11) is 0. The van der Waals surface area contributed by atoms with Crippen molar-refractivity contribution in [3.05, 3.63) is 23.4 Å². The van der Waals surface area contributed by atoms with Crippen LogP contribution in [0, 0.1) is 6.57 Å². The standard InChI is InChI=1S/C4H4N/c1-3-4-5-2/h2,4H,1H2/q+1. The quantitative estimate of drug-likeness (QED) is 0.375. The molecular weight excluding hydrogens is 62.1 g/mol.